The third-order valence-electron chi connectivity index (χ3n) is 2.62. The molecule has 14 heavy (non-hydrogen) atoms. The van der Waals surface area contributed by atoms with Crippen LogP contribution < -0.4 is 0 Å². The quantitative estimate of drug-likeness (QED) is 0.651. The summed E-state index contributed by atoms with van der Waals surface area (Å²) in [6, 6.07) is 6.58. The molecule has 1 aliphatic rings. The first-order chi connectivity index (χ1) is 6.84. The van der Waals surface area contributed by atoms with Crippen molar-refractivity contribution in [3.63, 3.8) is 0 Å². The topological polar surface area (TPSA) is 0 Å². The molecule has 0 radical (unpaired) electrons. The second-order valence-corrected chi connectivity index (χ2v) is 5.53. The fourth-order valence-corrected chi connectivity index (χ4v) is 3.69. The van der Waals surface area contributed by atoms with E-state index in [1.807, 2.05) is 11.3 Å². The minimum Gasteiger partial charge on any atom is -0.136 e. The van der Waals surface area contributed by atoms with Crippen molar-refractivity contribution in [3.05, 3.63) is 39.2 Å². The van der Waals surface area contributed by atoms with E-state index in [9.17, 15) is 0 Å². The zero-order chi connectivity index (χ0) is 9.54. The van der Waals surface area contributed by atoms with Crippen LogP contribution in [0, 0.1) is 0 Å². The molecule has 0 fully saturated rings. The lowest BCUT2D eigenvalue weighted by Crippen LogP contribution is -1.88. The highest BCUT2D eigenvalue weighted by Gasteiger charge is 2.11. The van der Waals surface area contributed by atoms with Crippen LogP contribution in [0.2, 0.25) is 0 Å². The molecular weight excluding hydrogens is 256 g/mol. The smallest absolute Gasteiger partial charge is 0.0363 e. The Morgan fingerprint density at radius 3 is 3.14 bits per heavy atom. The summed E-state index contributed by atoms with van der Waals surface area (Å²) in [6.07, 6.45) is 6.92. The van der Waals surface area contributed by atoms with Crippen molar-refractivity contribution in [1.82, 2.24) is 0 Å². The van der Waals surface area contributed by atoms with Crippen molar-refractivity contribution in [2.24, 2.45) is 0 Å². The molecule has 1 aromatic heterocycles. The highest BCUT2D eigenvalue weighted by molar-refractivity contribution is 9.10. The van der Waals surface area contributed by atoms with Crippen molar-refractivity contribution >= 4 is 43.4 Å². The average molecular weight is 265 g/mol. The zero-order valence-electron chi connectivity index (χ0n) is 7.59. The number of benzene rings is 1. The van der Waals surface area contributed by atoms with Gasteiger partial charge >= 0.3 is 0 Å². The van der Waals surface area contributed by atoms with Crippen molar-refractivity contribution in [2.75, 3.05) is 0 Å². The van der Waals surface area contributed by atoms with Gasteiger partial charge in [0.1, 0.15) is 0 Å². The third-order valence-corrected chi connectivity index (χ3v) is 4.27. The summed E-state index contributed by atoms with van der Waals surface area (Å²) in [7, 11) is 0. The van der Waals surface area contributed by atoms with Crippen LogP contribution in [0.1, 0.15) is 16.9 Å². The Labute approximate surface area is 95.4 Å². The van der Waals surface area contributed by atoms with Crippen LogP contribution in [0.3, 0.4) is 0 Å². The van der Waals surface area contributed by atoms with Crippen LogP contribution >= 0.6 is 27.3 Å². The normalized spacial score (nSPS) is 14.6. The molecule has 0 saturated carbocycles. The molecule has 0 nitrogen and oxygen atoms in total. The lowest BCUT2D eigenvalue weighted by Gasteiger charge is -2.03. The van der Waals surface area contributed by atoms with Gasteiger partial charge in [-0.05, 0) is 42.0 Å². The summed E-state index contributed by atoms with van der Waals surface area (Å²) in [6.45, 7) is 0. The molecule has 1 aliphatic carbocycles. The molecule has 70 valence electrons. The Morgan fingerprint density at radius 2 is 2.21 bits per heavy atom. The predicted octanol–water partition coefficient (Wildman–Crippen LogP) is 4.62. The SMILES string of the molecule is Brc1ccc2c3c(sc2c1)C=CCC3. The summed E-state index contributed by atoms with van der Waals surface area (Å²) in [5.41, 5.74) is 1.54. The van der Waals surface area contributed by atoms with E-state index in [0.717, 1.165) is 0 Å². The molecule has 0 N–H and O–H groups in total. The van der Waals surface area contributed by atoms with E-state index in [-0.39, 0.29) is 0 Å². The Hall–Kier alpha value is -0.600. The number of thiophene rings is 1. The molecule has 0 spiro atoms. The standard InChI is InChI=1S/C12H9BrS/c13-8-5-6-10-9-3-1-2-4-11(9)14-12(10)7-8/h2,4-7H,1,3H2. The Morgan fingerprint density at radius 1 is 1.29 bits per heavy atom. The highest BCUT2D eigenvalue weighted by atomic mass is 79.9. The molecule has 3 rings (SSSR count). The molecule has 1 heterocycles. The van der Waals surface area contributed by atoms with Crippen LogP contribution in [-0.2, 0) is 6.42 Å². The molecule has 1 aromatic carbocycles. The minimum absolute atomic E-state index is 1.17. The van der Waals surface area contributed by atoms with E-state index in [4.69, 9.17) is 0 Å². The molecule has 0 aliphatic heterocycles. The largest absolute Gasteiger partial charge is 0.136 e. The van der Waals surface area contributed by atoms with E-state index in [1.165, 1.54) is 32.3 Å². The van der Waals surface area contributed by atoms with Gasteiger partial charge in [-0.2, -0.15) is 0 Å². The number of hydrogen-bond donors (Lipinski definition) is 0. The van der Waals surface area contributed by atoms with E-state index in [2.05, 4.69) is 46.3 Å². The number of fused-ring (bicyclic) bond motifs is 3. The Balaban J connectivity index is 2.37. The predicted molar refractivity (Wildman–Crippen MR) is 66.9 cm³/mol. The number of rotatable bonds is 0. The summed E-state index contributed by atoms with van der Waals surface area (Å²) in [5, 5.41) is 1.44. The molecule has 0 unspecified atom stereocenters. The van der Waals surface area contributed by atoms with Crippen LogP contribution in [0.5, 0.6) is 0 Å². The van der Waals surface area contributed by atoms with Gasteiger partial charge in [0.15, 0.2) is 0 Å². The van der Waals surface area contributed by atoms with Crippen molar-refractivity contribution < 1.29 is 0 Å². The van der Waals surface area contributed by atoms with E-state index < -0.39 is 0 Å². The molecule has 2 heteroatoms. The maximum absolute atomic E-state index is 3.51. The molecule has 0 atom stereocenters. The van der Waals surface area contributed by atoms with Crippen LogP contribution in [0.4, 0.5) is 0 Å². The monoisotopic (exact) mass is 264 g/mol. The lowest BCUT2D eigenvalue weighted by molar-refractivity contribution is 1.01. The first-order valence-corrected chi connectivity index (χ1v) is 6.33. The van der Waals surface area contributed by atoms with Gasteiger partial charge < -0.3 is 0 Å². The fraction of sp³-hybridized carbons (Fsp3) is 0.167. The molecule has 0 saturated heterocycles. The number of allylic oxidation sites excluding steroid dienone is 1. The summed E-state index contributed by atoms with van der Waals surface area (Å²) in [4.78, 5) is 1.45. The zero-order valence-corrected chi connectivity index (χ0v) is 9.99. The van der Waals surface area contributed by atoms with E-state index in [1.54, 1.807) is 5.56 Å². The van der Waals surface area contributed by atoms with Gasteiger partial charge in [0.05, 0.1) is 0 Å². The van der Waals surface area contributed by atoms with Gasteiger partial charge in [-0.1, -0.05) is 28.1 Å². The van der Waals surface area contributed by atoms with E-state index >= 15 is 0 Å². The summed E-state index contributed by atoms with van der Waals surface area (Å²) >= 11 is 5.41. The van der Waals surface area contributed by atoms with Crippen molar-refractivity contribution in [2.45, 2.75) is 12.8 Å². The molecule has 0 bridgehead atoms. The number of hydrogen-bond acceptors (Lipinski definition) is 1. The number of halogens is 1. The van der Waals surface area contributed by atoms with Gasteiger partial charge in [-0.15, -0.1) is 11.3 Å². The third kappa shape index (κ3) is 1.25. The van der Waals surface area contributed by atoms with Crippen molar-refractivity contribution in [3.8, 4) is 0 Å². The first-order valence-electron chi connectivity index (χ1n) is 4.72. The Kier molecular flexibility index (Phi) is 1.99. The van der Waals surface area contributed by atoms with Gasteiger partial charge in [0.25, 0.3) is 0 Å². The van der Waals surface area contributed by atoms with Crippen LogP contribution in [-0.4, -0.2) is 0 Å². The average Bonchev–Trinajstić information content (AvgIpc) is 2.54. The second-order valence-electron chi connectivity index (χ2n) is 3.53. The fourth-order valence-electron chi connectivity index (χ4n) is 1.95. The van der Waals surface area contributed by atoms with Crippen molar-refractivity contribution in [1.29, 1.82) is 0 Å². The highest BCUT2D eigenvalue weighted by Crippen LogP contribution is 2.36. The Bertz CT molecular complexity index is 522. The second kappa shape index (κ2) is 3.21. The van der Waals surface area contributed by atoms with Gasteiger partial charge in [-0.3, -0.25) is 0 Å². The van der Waals surface area contributed by atoms with Crippen LogP contribution in [0.15, 0.2) is 28.7 Å². The van der Waals surface area contributed by atoms with Gasteiger partial charge in [-0.25, -0.2) is 0 Å². The summed E-state index contributed by atoms with van der Waals surface area (Å²) in [5.74, 6) is 0. The molecule has 2 aromatic rings. The number of aryl methyl sites for hydroxylation is 1. The van der Waals surface area contributed by atoms with Gasteiger partial charge in [0, 0.05) is 14.0 Å². The molecular formula is C12H9BrS. The van der Waals surface area contributed by atoms with Gasteiger partial charge in [0.2, 0.25) is 0 Å². The lowest BCUT2D eigenvalue weighted by atomic mass is 10.0. The summed E-state index contributed by atoms with van der Waals surface area (Å²) < 4.78 is 2.57. The van der Waals surface area contributed by atoms with Crippen LogP contribution in [0.25, 0.3) is 16.2 Å². The first kappa shape index (κ1) is 8.69. The maximum atomic E-state index is 3.51. The molecule has 0 amide bonds. The maximum Gasteiger partial charge on any atom is 0.0363 e. The van der Waals surface area contributed by atoms with E-state index in [0.29, 0.717) is 0 Å². The minimum atomic E-state index is 1.17.